The summed E-state index contributed by atoms with van der Waals surface area (Å²) in [5, 5.41) is 10.8. The van der Waals surface area contributed by atoms with E-state index >= 15 is 0 Å². The minimum atomic E-state index is -2.12. The molecule has 0 aliphatic rings. The summed E-state index contributed by atoms with van der Waals surface area (Å²) in [6.07, 6.45) is 1.48. The summed E-state index contributed by atoms with van der Waals surface area (Å²) in [7, 11) is -2.12. The molecule has 1 atom stereocenters. The van der Waals surface area contributed by atoms with E-state index in [0.29, 0.717) is 6.42 Å². The van der Waals surface area contributed by atoms with Crippen LogP contribution in [-0.2, 0) is 12.5 Å². The molecule has 28 heavy (non-hydrogen) atoms. The highest BCUT2D eigenvalue weighted by atomic mass is 28.3. The van der Waals surface area contributed by atoms with Crippen molar-refractivity contribution < 1.29 is 5.11 Å². The Labute approximate surface area is 170 Å². The van der Waals surface area contributed by atoms with Crippen LogP contribution in [0.25, 0.3) is 0 Å². The summed E-state index contributed by atoms with van der Waals surface area (Å²) in [6, 6.07) is 31.7. The van der Waals surface area contributed by atoms with E-state index in [-0.39, 0.29) is 0 Å². The van der Waals surface area contributed by atoms with Gasteiger partial charge in [0.15, 0.2) is 0 Å². The van der Waals surface area contributed by atoms with Gasteiger partial charge < -0.3 is 5.11 Å². The first-order valence-electron chi connectivity index (χ1n) is 9.87. The van der Waals surface area contributed by atoms with E-state index < -0.39 is 13.3 Å². The Morgan fingerprint density at radius 1 is 0.750 bits per heavy atom. The molecule has 1 unspecified atom stereocenters. The monoisotopic (exact) mass is 384 g/mol. The molecule has 3 rings (SSSR count). The van der Waals surface area contributed by atoms with Gasteiger partial charge in [-0.1, -0.05) is 109 Å². The van der Waals surface area contributed by atoms with Crippen LogP contribution in [0.15, 0.2) is 91.0 Å². The third-order valence-corrected chi connectivity index (χ3v) is 9.32. The zero-order valence-electron chi connectivity index (χ0n) is 16.7. The van der Waals surface area contributed by atoms with E-state index in [4.69, 9.17) is 0 Å². The highest BCUT2D eigenvalue weighted by molar-refractivity contribution is 6.80. The average Bonchev–Trinajstić information content (AvgIpc) is 2.72. The molecular weight excluding hydrogens is 356 g/mol. The zero-order chi connectivity index (χ0) is 19.9. The van der Waals surface area contributed by atoms with E-state index in [9.17, 15) is 5.11 Å². The molecule has 0 saturated carbocycles. The molecule has 0 heterocycles. The van der Waals surface area contributed by atoms with Crippen molar-refractivity contribution in [3.8, 4) is 11.8 Å². The van der Waals surface area contributed by atoms with Crippen molar-refractivity contribution in [2.45, 2.75) is 37.2 Å². The van der Waals surface area contributed by atoms with E-state index in [0.717, 1.165) is 18.0 Å². The molecule has 0 amide bonds. The van der Waals surface area contributed by atoms with Crippen molar-refractivity contribution in [1.82, 2.24) is 0 Å². The molecule has 3 aromatic rings. The Balaban J connectivity index is 1.89. The molecule has 1 nitrogen and oxygen atoms in total. The molecule has 0 aromatic heterocycles. The lowest BCUT2D eigenvalue weighted by molar-refractivity contribution is 0.164. The number of rotatable bonds is 6. The summed E-state index contributed by atoms with van der Waals surface area (Å²) in [5.74, 6) is 6.56. The van der Waals surface area contributed by atoms with Crippen LogP contribution in [0.3, 0.4) is 0 Å². The summed E-state index contributed by atoms with van der Waals surface area (Å²) >= 11 is 0. The molecule has 2 heteroatoms. The van der Waals surface area contributed by atoms with Crippen LogP contribution in [0, 0.1) is 11.8 Å². The third kappa shape index (κ3) is 5.22. The van der Waals surface area contributed by atoms with Crippen LogP contribution in [0.2, 0.25) is 13.1 Å². The van der Waals surface area contributed by atoms with Gasteiger partial charge in [0, 0.05) is 5.56 Å². The second-order valence-corrected chi connectivity index (χ2v) is 13.0. The number of aryl methyl sites for hydroxylation is 1. The second kappa shape index (κ2) is 9.06. The van der Waals surface area contributed by atoms with Gasteiger partial charge in [0.05, 0.1) is 0 Å². The number of hydrogen-bond acceptors (Lipinski definition) is 1. The molecule has 142 valence electrons. The fourth-order valence-corrected chi connectivity index (χ4v) is 6.24. The highest BCUT2D eigenvalue weighted by Gasteiger charge is 2.43. The van der Waals surface area contributed by atoms with Gasteiger partial charge in [-0.05, 0) is 36.6 Å². The number of benzene rings is 3. The predicted molar refractivity (Wildman–Crippen MR) is 121 cm³/mol. The first-order chi connectivity index (χ1) is 13.5. The number of hydrogen-bond donors (Lipinski definition) is 1. The molecule has 0 spiro atoms. The highest BCUT2D eigenvalue weighted by Crippen LogP contribution is 2.29. The Morgan fingerprint density at radius 2 is 1.25 bits per heavy atom. The largest absolute Gasteiger partial charge is 0.381 e. The van der Waals surface area contributed by atoms with Gasteiger partial charge in [0.1, 0.15) is 13.3 Å². The van der Waals surface area contributed by atoms with Crippen LogP contribution >= 0.6 is 0 Å². The third-order valence-electron chi connectivity index (χ3n) is 5.41. The van der Waals surface area contributed by atoms with Gasteiger partial charge in [0.25, 0.3) is 0 Å². The summed E-state index contributed by atoms with van der Waals surface area (Å²) in [6.45, 7) is 4.51. The first-order valence-corrected chi connectivity index (χ1v) is 13.1. The Hall–Kier alpha value is -2.60. The maximum atomic E-state index is 11.8. The van der Waals surface area contributed by atoms with Crippen molar-refractivity contribution in [2.75, 3.05) is 0 Å². The van der Waals surface area contributed by atoms with E-state index in [2.05, 4.69) is 73.5 Å². The van der Waals surface area contributed by atoms with Crippen LogP contribution in [0.5, 0.6) is 0 Å². The fraction of sp³-hybridized carbons (Fsp3) is 0.231. The maximum Gasteiger partial charge on any atom is 0.113 e. The predicted octanol–water partition coefficient (Wildman–Crippen LogP) is 5.43. The van der Waals surface area contributed by atoms with E-state index in [1.807, 2.05) is 42.5 Å². The smallest absolute Gasteiger partial charge is 0.113 e. The quantitative estimate of drug-likeness (QED) is 0.444. The summed E-state index contributed by atoms with van der Waals surface area (Å²) in [5.41, 5.74) is 3.47. The molecule has 0 fully saturated rings. The number of aliphatic hydroxyl groups is 1. The molecule has 0 bridgehead atoms. The Morgan fingerprint density at radius 3 is 1.82 bits per heavy atom. The van der Waals surface area contributed by atoms with Crippen LogP contribution in [0.4, 0.5) is 0 Å². The lowest BCUT2D eigenvalue weighted by atomic mass is 10.1. The van der Waals surface area contributed by atoms with Crippen LogP contribution in [-0.4, -0.2) is 18.4 Å². The fourth-order valence-electron chi connectivity index (χ4n) is 3.49. The van der Waals surface area contributed by atoms with Crippen molar-refractivity contribution >= 4 is 8.07 Å². The minimum absolute atomic E-state index is 0.656. The van der Waals surface area contributed by atoms with E-state index in [1.165, 1.54) is 11.1 Å². The van der Waals surface area contributed by atoms with Gasteiger partial charge in [-0.3, -0.25) is 0 Å². The average molecular weight is 385 g/mol. The molecule has 0 aliphatic heterocycles. The van der Waals surface area contributed by atoms with Crippen LogP contribution < -0.4 is 0 Å². The van der Waals surface area contributed by atoms with Gasteiger partial charge >= 0.3 is 0 Å². The van der Waals surface area contributed by atoms with Gasteiger partial charge in [0.2, 0.25) is 0 Å². The van der Waals surface area contributed by atoms with E-state index in [1.54, 1.807) is 0 Å². The summed E-state index contributed by atoms with van der Waals surface area (Å²) in [4.78, 5) is 0. The second-order valence-electron chi connectivity index (χ2n) is 8.01. The zero-order valence-corrected chi connectivity index (χ0v) is 17.7. The molecule has 0 radical (unpaired) electrons. The Kier molecular flexibility index (Phi) is 6.52. The van der Waals surface area contributed by atoms with Crippen LogP contribution in [0.1, 0.15) is 23.1 Å². The normalized spacial score (nSPS) is 13.2. The van der Waals surface area contributed by atoms with Crippen molar-refractivity contribution in [3.63, 3.8) is 0 Å². The minimum Gasteiger partial charge on any atom is -0.381 e. The topological polar surface area (TPSA) is 20.2 Å². The molecule has 0 saturated heterocycles. The molecule has 3 aromatic carbocycles. The lowest BCUT2D eigenvalue weighted by Gasteiger charge is -2.38. The van der Waals surface area contributed by atoms with Gasteiger partial charge in [-0.25, -0.2) is 0 Å². The van der Waals surface area contributed by atoms with Gasteiger partial charge in [-0.15, -0.1) is 0 Å². The SMILES string of the molecule is C[Si](C)(Cc1ccccc1)C(O)(C#Cc1ccccc1)CCc1ccccc1. The van der Waals surface area contributed by atoms with Gasteiger partial charge in [-0.2, -0.15) is 0 Å². The Bertz CT molecular complexity index is 924. The molecular formula is C26H28OSi. The van der Waals surface area contributed by atoms with Crippen molar-refractivity contribution in [3.05, 3.63) is 108 Å². The standard InChI is InChI=1S/C26H28OSi/c1-28(2,22-25-16-10-5-11-17-25)26(27,20-18-23-12-6-3-7-13-23)21-19-24-14-8-4-9-15-24/h3-17,27H,18,20,22H2,1-2H3. The maximum absolute atomic E-state index is 11.8. The molecule has 0 aliphatic carbocycles. The lowest BCUT2D eigenvalue weighted by Crippen LogP contribution is -2.55. The summed E-state index contributed by atoms with van der Waals surface area (Å²) < 4.78 is 0. The van der Waals surface area contributed by atoms with Crippen molar-refractivity contribution in [2.24, 2.45) is 0 Å². The molecule has 1 N–H and O–H groups in total. The first kappa shape index (κ1) is 20.1. The van der Waals surface area contributed by atoms with Crippen molar-refractivity contribution in [1.29, 1.82) is 0 Å².